The number of anilines is 3. The summed E-state index contributed by atoms with van der Waals surface area (Å²) in [4.78, 5) is 32.3. The molecule has 2 aromatic rings. The zero-order valence-electron chi connectivity index (χ0n) is 22.5. The monoisotopic (exact) mass is 559 g/mol. The van der Waals surface area contributed by atoms with Gasteiger partial charge in [0.1, 0.15) is 28.5 Å². The third-order valence-corrected chi connectivity index (χ3v) is 10.8. The highest BCUT2D eigenvalue weighted by atomic mass is 32.2. The number of nitriles is 1. The number of fused-ring (bicyclic) bond motifs is 1. The first-order valence-electron chi connectivity index (χ1n) is 12.8. The number of halogens is 2. The van der Waals surface area contributed by atoms with Crippen molar-refractivity contribution in [2.75, 3.05) is 35.2 Å². The molecule has 10 nitrogen and oxygen atoms in total. The van der Waals surface area contributed by atoms with Crippen molar-refractivity contribution in [3.63, 3.8) is 0 Å². The van der Waals surface area contributed by atoms with Gasteiger partial charge in [0.05, 0.1) is 22.9 Å². The van der Waals surface area contributed by atoms with E-state index in [0.717, 1.165) is 11.8 Å². The second kappa shape index (κ2) is 9.08. The molecule has 3 aliphatic rings. The van der Waals surface area contributed by atoms with Gasteiger partial charge in [-0.3, -0.25) is 4.79 Å². The summed E-state index contributed by atoms with van der Waals surface area (Å²) in [7, 11) is -3.44. The molecule has 1 amide bonds. The van der Waals surface area contributed by atoms with Crippen LogP contribution in [0.25, 0.3) is 0 Å². The maximum Gasteiger partial charge on any atom is 0.266 e. The van der Waals surface area contributed by atoms with E-state index in [-0.39, 0.29) is 29.3 Å². The van der Waals surface area contributed by atoms with Crippen LogP contribution in [0.4, 0.5) is 26.2 Å². The maximum absolute atomic E-state index is 13.3. The average Bonchev–Trinajstić information content (AvgIpc) is 3.18. The lowest BCUT2D eigenvalue weighted by atomic mass is 9.87. The highest BCUT2D eigenvalue weighted by Crippen LogP contribution is 2.47. The minimum Gasteiger partial charge on any atom is -0.350 e. The van der Waals surface area contributed by atoms with Crippen molar-refractivity contribution in [3.8, 4) is 6.07 Å². The summed E-state index contributed by atoms with van der Waals surface area (Å²) in [5.74, 6) is 1.31. The second-order valence-corrected chi connectivity index (χ2v) is 14.1. The van der Waals surface area contributed by atoms with E-state index in [1.54, 1.807) is 4.90 Å². The van der Waals surface area contributed by atoms with Gasteiger partial charge in [0, 0.05) is 48.9 Å². The summed E-state index contributed by atoms with van der Waals surface area (Å²) in [5.41, 5.74) is -0.149. The molecule has 0 N–H and O–H groups in total. The zero-order chi connectivity index (χ0) is 28.5. The van der Waals surface area contributed by atoms with E-state index >= 15 is 0 Å². The minimum atomic E-state index is -3.44. The predicted molar refractivity (Wildman–Crippen MR) is 141 cm³/mol. The Kier molecular flexibility index (Phi) is 6.33. The molecule has 5 heterocycles. The van der Waals surface area contributed by atoms with Gasteiger partial charge in [-0.25, -0.2) is 32.2 Å². The van der Waals surface area contributed by atoms with Crippen LogP contribution in [0.2, 0.25) is 0 Å². The molecular weight excluding hydrogens is 528 g/mol. The number of carbonyl (C=O) groups excluding carboxylic acids is 1. The number of rotatable bonds is 4. The van der Waals surface area contributed by atoms with Crippen LogP contribution in [0, 0.1) is 11.3 Å². The molecule has 5 rings (SSSR count). The van der Waals surface area contributed by atoms with Gasteiger partial charge in [0.15, 0.2) is 9.84 Å². The summed E-state index contributed by atoms with van der Waals surface area (Å²) in [5, 5.41) is 9.44. The molecule has 2 aromatic heterocycles. The number of nitrogens with zero attached hydrogens (tertiary/aromatic N) is 7. The van der Waals surface area contributed by atoms with Crippen molar-refractivity contribution >= 4 is 33.2 Å². The van der Waals surface area contributed by atoms with E-state index in [1.807, 2.05) is 38.7 Å². The molecule has 39 heavy (non-hydrogen) atoms. The number of sulfone groups is 1. The van der Waals surface area contributed by atoms with E-state index in [2.05, 4.69) is 19.9 Å². The molecule has 208 valence electrons. The first-order chi connectivity index (χ1) is 18.2. The Bertz CT molecular complexity index is 1490. The summed E-state index contributed by atoms with van der Waals surface area (Å²) in [6, 6.07) is 2.79. The predicted octanol–water partition coefficient (Wildman–Crippen LogP) is 3.11. The molecule has 2 saturated heterocycles. The van der Waals surface area contributed by atoms with Gasteiger partial charge in [0.25, 0.3) is 6.43 Å². The molecule has 0 aromatic carbocycles. The lowest BCUT2D eigenvalue weighted by molar-refractivity contribution is -0.137. The Hall–Kier alpha value is -3.40. The molecule has 0 aliphatic carbocycles. The first kappa shape index (κ1) is 27.2. The number of hydrogen-bond acceptors (Lipinski definition) is 9. The lowest BCUT2D eigenvalue weighted by Gasteiger charge is -2.49. The fourth-order valence-corrected chi connectivity index (χ4v) is 7.36. The zero-order valence-corrected chi connectivity index (χ0v) is 23.3. The number of alkyl halides is 2. The molecule has 2 fully saturated rings. The van der Waals surface area contributed by atoms with Gasteiger partial charge in [-0.15, -0.1) is 0 Å². The van der Waals surface area contributed by atoms with E-state index < -0.39 is 32.0 Å². The van der Waals surface area contributed by atoms with Crippen LogP contribution in [0.15, 0.2) is 18.6 Å². The van der Waals surface area contributed by atoms with E-state index in [1.165, 1.54) is 19.3 Å². The largest absolute Gasteiger partial charge is 0.350 e. The van der Waals surface area contributed by atoms with Crippen molar-refractivity contribution in [3.05, 3.63) is 35.3 Å². The van der Waals surface area contributed by atoms with E-state index in [4.69, 9.17) is 0 Å². The highest BCUT2D eigenvalue weighted by molar-refractivity contribution is 7.95. The van der Waals surface area contributed by atoms with Gasteiger partial charge in [-0.1, -0.05) is 13.8 Å². The van der Waals surface area contributed by atoms with Crippen LogP contribution in [-0.4, -0.2) is 76.4 Å². The smallest absolute Gasteiger partial charge is 0.266 e. The minimum absolute atomic E-state index is 0.0351. The van der Waals surface area contributed by atoms with Crippen molar-refractivity contribution in [1.29, 1.82) is 5.26 Å². The van der Waals surface area contributed by atoms with Crippen LogP contribution in [0.1, 0.15) is 64.2 Å². The SMILES string of the molecule is C[C@@H]1CN(c2ncnc3c2C(C)(C)CN3c2cc(C#N)c(C(F)F)cn2)[C@@H](C)CN1C(=O)[C@]1(C)CCS1(=O)=O. The highest BCUT2D eigenvalue weighted by Gasteiger charge is 2.57. The fraction of sp³-hybridized carbons (Fsp3) is 0.577. The summed E-state index contributed by atoms with van der Waals surface area (Å²) in [6.07, 6.45) is 0.00391. The van der Waals surface area contributed by atoms with Crippen LogP contribution in [0.3, 0.4) is 0 Å². The van der Waals surface area contributed by atoms with Gasteiger partial charge < -0.3 is 14.7 Å². The third-order valence-electron chi connectivity index (χ3n) is 8.35. The normalized spacial score (nSPS) is 27.2. The molecule has 3 aliphatic heterocycles. The Morgan fingerprint density at radius 1 is 1.13 bits per heavy atom. The van der Waals surface area contributed by atoms with Crippen LogP contribution >= 0.6 is 0 Å². The number of carbonyl (C=O) groups is 1. The van der Waals surface area contributed by atoms with Crippen LogP contribution in [-0.2, 0) is 20.0 Å². The van der Waals surface area contributed by atoms with Crippen molar-refractivity contribution in [2.45, 2.75) is 69.7 Å². The molecule has 3 atom stereocenters. The van der Waals surface area contributed by atoms with Gasteiger partial charge in [-0.2, -0.15) is 5.26 Å². The van der Waals surface area contributed by atoms with Crippen LogP contribution < -0.4 is 9.80 Å². The second-order valence-electron chi connectivity index (χ2n) is 11.5. The first-order valence-corrected chi connectivity index (χ1v) is 14.5. The number of hydrogen-bond donors (Lipinski definition) is 0. The standard InChI is InChI=1S/C26H31F2N7O3S/c1-15-12-34(24(36)26(5)6-7-39(26,37)38)16(2)11-33(15)22-20-23(32-14-31-22)35(13-25(20,3)4)19-8-17(9-29)18(10-30-19)21(27)28/h8,10,14-16,21H,6-7,11-13H2,1-5H3/t15-,16+,26-/m0/s1. The van der Waals surface area contributed by atoms with Crippen molar-refractivity contribution in [1.82, 2.24) is 19.9 Å². The Balaban J connectivity index is 1.48. The fourth-order valence-electron chi connectivity index (χ4n) is 5.83. The maximum atomic E-state index is 13.3. The van der Waals surface area contributed by atoms with Gasteiger partial charge >= 0.3 is 0 Å². The number of piperazine rings is 1. The quantitative estimate of drug-likeness (QED) is 0.556. The van der Waals surface area contributed by atoms with E-state index in [9.17, 15) is 27.3 Å². The van der Waals surface area contributed by atoms with Crippen LogP contribution in [0.5, 0.6) is 0 Å². The average molecular weight is 560 g/mol. The Labute approximate surface area is 226 Å². The van der Waals surface area contributed by atoms with Gasteiger partial charge in [-0.05, 0) is 33.3 Å². The molecule has 0 radical (unpaired) electrons. The van der Waals surface area contributed by atoms with Crippen molar-refractivity contribution in [2.24, 2.45) is 0 Å². The number of amides is 1. The number of aromatic nitrogens is 3. The van der Waals surface area contributed by atoms with Crippen molar-refractivity contribution < 1.29 is 22.0 Å². The molecule has 0 unspecified atom stereocenters. The number of pyridine rings is 1. The Morgan fingerprint density at radius 3 is 2.41 bits per heavy atom. The molecule has 13 heteroatoms. The molecular formula is C26H31F2N7O3S. The summed E-state index contributed by atoms with van der Waals surface area (Å²) < 4.78 is 50.1. The van der Waals surface area contributed by atoms with Gasteiger partial charge in [0.2, 0.25) is 5.91 Å². The lowest BCUT2D eigenvalue weighted by Crippen LogP contribution is -2.66. The van der Waals surface area contributed by atoms with E-state index in [0.29, 0.717) is 43.5 Å². The Morgan fingerprint density at radius 2 is 1.82 bits per heavy atom. The summed E-state index contributed by atoms with van der Waals surface area (Å²) in [6.45, 7) is 10.7. The topological polar surface area (TPSA) is 123 Å². The molecule has 0 spiro atoms. The molecule has 0 bridgehead atoms. The molecule has 0 saturated carbocycles. The third kappa shape index (κ3) is 4.11. The summed E-state index contributed by atoms with van der Waals surface area (Å²) >= 11 is 0.